The summed E-state index contributed by atoms with van der Waals surface area (Å²) in [4.78, 5) is 16.1. The van der Waals surface area contributed by atoms with Gasteiger partial charge in [0, 0.05) is 17.2 Å². The number of anilines is 1. The summed E-state index contributed by atoms with van der Waals surface area (Å²) in [5.74, 6) is 0.505. The minimum atomic E-state index is -0.250. The number of carbonyl (C=O) groups excluding carboxylic acids is 1. The fraction of sp³-hybridized carbons (Fsp3) is 0.429. The first-order chi connectivity index (χ1) is 9.66. The zero-order valence-electron chi connectivity index (χ0n) is 11.2. The van der Waals surface area contributed by atoms with Crippen LogP contribution in [0.2, 0.25) is 0 Å². The third kappa shape index (κ3) is 4.52. The quantitative estimate of drug-likeness (QED) is 0.630. The second-order valence-electron chi connectivity index (χ2n) is 4.74. The molecule has 0 spiro atoms. The van der Waals surface area contributed by atoms with E-state index in [-0.39, 0.29) is 6.03 Å². The Hall–Kier alpha value is -1.01. The molecule has 0 unspecified atom stereocenters. The molecule has 0 atom stereocenters. The van der Waals surface area contributed by atoms with Gasteiger partial charge in [0.25, 0.3) is 0 Å². The van der Waals surface area contributed by atoms with Crippen LogP contribution in [0.1, 0.15) is 32.1 Å². The number of pyridine rings is 1. The van der Waals surface area contributed by atoms with Crippen LogP contribution >= 0.6 is 28.7 Å². The number of carbonyl (C=O) groups is 1. The third-order valence-corrected chi connectivity index (χ3v) is 4.08. The molecule has 0 aliphatic heterocycles. The Balaban J connectivity index is 1.79. The topological polar surface area (TPSA) is 45.2 Å². The van der Waals surface area contributed by atoms with Crippen molar-refractivity contribution in [1.82, 2.24) is 10.3 Å². The SMILES string of the molecule is O=C(NCCC1=CCCCC1)N(S)c1ccc(Br)cn1. The van der Waals surface area contributed by atoms with E-state index < -0.39 is 0 Å². The summed E-state index contributed by atoms with van der Waals surface area (Å²) in [6, 6.07) is 3.31. The van der Waals surface area contributed by atoms with Crippen LogP contribution in [0.25, 0.3) is 0 Å². The Labute approximate surface area is 133 Å². The van der Waals surface area contributed by atoms with Crippen LogP contribution in [0.4, 0.5) is 10.6 Å². The van der Waals surface area contributed by atoms with Crippen molar-refractivity contribution in [2.24, 2.45) is 0 Å². The number of aromatic nitrogens is 1. The lowest BCUT2D eigenvalue weighted by atomic mass is 9.97. The molecule has 1 aromatic heterocycles. The highest BCUT2D eigenvalue weighted by Crippen LogP contribution is 2.20. The van der Waals surface area contributed by atoms with Crippen LogP contribution < -0.4 is 9.62 Å². The summed E-state index contributed by atoms with van der Waals surface area (Å²) in [6.45, 7) is 0.637. The molecule has 0 radical (unpaired) electrons. The van der Waals surface area contributed by atoms with Crippen molar-refractivity contribution < 1.29 is 4.79 Å². The predicted molar refractivity (Wildman–Crippen MR) is 88.0 cm³/mol. The number of halogens is 1. The fourth-order valence-corrected chi connectivity index (χ4v) is 2.56. The molecule has 6 heteroatoms. The molecule has 108 valence electrons. The molecule has 1 heterocycles. The molecule has 2 amide bonds. The molecule has 1 N–H and O–H groups in total. The molecule has 1 aliphatic rings. The number of allylic oxidation sites excluding steroid dienone is 1. The minimum absolute atomic E-state index is 0.250. The molecule has 2 rings (SSSR count). The molecular formula is C14H18BrN3OS. The van der Waals surface area contributed by atoms with Gasteiger partial charge in [0.1, 0.15) is 5.82 Å². The highest BCUT2D eigenvalue weighted by molar-refractivity contribution is 9.10. The summed E-state index contributed by atoms with van der Waals surface area (Å²) >= 11 is 7.48. The number of amides is 2. The zero-order chi connectivity index (χ0) is 14.4. The number of urea groups is 1. The third-order valence-electron chi connectivity index (χ3n) is 3.23. The van der Waals surface area contributed by atoms with Gasteiger partial charge in [-0.1, -0.05) is 24.5 Å². The molecular weight excluding hydrogens is 338 g/mol. The predicted octanol–water partition coefficient (Wildman–Crippen LogP) is 4.10. The lowest BCUT2D eigenvalue weighted by Crippen LogP contribution is -2.35. The number of rotatable bonds is 4. The smallest absolute Gasteiger partial charge is 0.333 e. The van der Waals surface area contributed by atoms with Crippen LogP contribution in [0.3, 0.4) is 0 Å². The maximum atomic E-state index is 11.9. The van der Waals surface area contributed by atoms with Gasteiger partial charge >= 0.3 is 6.03 Å². The van der Waals surface area contributed by atoms with Crippen LogP contribution in [-0.2, 0) is 0 Å². The molecule has 1 aliphatic carbocycles. The first-order valence-electron chi connectivity index (χ1n) is 6.73. The second kappa shape index (κ2) is 7.69. The lowest BCUT2D eigenvalue weighted by molar-refractivity contribution is 0.250. The van der Waals surface area contributed by atoms with E-state index >= 15 is 0 Å². The van der Waals surface area contributed by atoms with Gasteiger partial charge in [-0.05, 0) is 60.2 Å². The summed E-state index contributed by atoms with van der Waals surface area (Å²) in [5.41, 5.74) is 1.45. The van der Waals surface area contributed by atoms with Crippen molar-refractivity contribution in [2.75, 3.05) is 10.8 Å². The molecule has 4 nitrogen and oxygen atoms in total. The van der Waals surface area contributed by atoms with Gasteiger partial charge in [0.05, 0.1) is 0 Å². The van der Waals surface area contributed by atoms with E-state index in [0.29, 0.717) is 12.4 Å². The normalized spacial score (nSPS) is 14.6. The van der Waals surface area contributed by atoms with Crippen molar-refractivity contribution in [3.05, 3.63) is 34.5 Å². The Kier molecular flexibility index (Phi) is 5.91. The van der Waals surface area contributed by atoms with E-state index in [2.05, 4.69) is 45.1 Å². The zero-order valence-corrected chi connectivity index (χ0v) is 13.7. The van der Waals surface area contributed by atoms with Gasteiger partial charge in [0.15, 0.2) is 0 Å². The summed E-state index contributed by atoms with van der Waals surface area (Å²) in [5, 5.41) is 2.86. The summed E-state index contributed by atoms with van der Waals surface area (Å²) in [6.07, 6.45) is 9.74. The Morgan fingerprint density at radius 2 is 2.30 bits per heavy atom. The first-order valence-corrected chi connectivity index (χ1v) is 7.92. The largest absolute Gasteiger partial charge is 0.337 e. The van der Waals surface area contributed by atoms with Gasteiger partial charge in [0.2, 0.25) is 0 Å². The number of nitrogens with one attached hydrogen (secondary N) is 1. The molecule has 0 saturated carbocycles. The van der Waals surface area contributed by atoms with Crippen molar-refractivity contribution in [1.29, 1.82) is 0 Å². The van der Waals surface area contributed by atoms with E-state index in [4.69, 9.17) is 0 Å². The van der Waals surface area contributed by atoms with Gasteiger partial charge in [-0.2, -0.15) is 0 Å². The van der Waals surface area contributed by atoms with Crippen LogP contribution in [0.15, 0.2) is 34.5 Å². The fourth-order valence-electron chi connectivity index (χ4n) is 2.13. The summed E-state index contributed by atoms with van der Waals surface area (Å²) in [7, 11) is 0. The van der Waals surface area contributed by atoms with Crippen molar-refractivity contribution >= 4 is 40.6 Å². The number of hydrogen-bond donors (Lipinski definition) is 2. The van der Waals surface area contributed by atoms with E-state index in [1.54, 1.807) is 12.3 Å². The monoisotopic (exact) mass is 355 g/mol. The van der Waals surface area contributed by atoms with Crippen LogP contribution in [0, 0.1) is 0 Å². The van der Waals surface area contributed by atoms with Crippen molar-refractivity contribution in [3.8, 4) is 0 Å². The Bertz CT molecular complexity index is 490. The number of thiol groups is 1. The van der Waals surface area contributed by atoms with Crippen LogP contribution in [0.5, 0.6) is 0 Å². The van der Waals surface area contributed by atoms with Crippen LogP contribution in [-0.4, -0.2) is 17.6 Å². The van der Waals surface area contributed by atoms with E-state index in [9.17, 15) is 4.79 Å². The standard InChI is InChI=1S/C14H18BrN3OS/c15-12-6-7-13(17-10-12)18(20)14(19)16-9-8-11-4-2-1-3-5-11/h4,6-7,10,20H,1-3,5,8-9H2,(H,16,19). The van der Waals surface area contributed by atoms with E-state index in [0.717, 1.165) is 17.3 Å². The molecule has 20 heavy (non-hydrogen) atoms. The minimum Gasteiger partial charge on any atom is -0.337 e. The maximum Gasteiger partial charge on any atom is 0.333 e. The second-order valence-corrected chi connectivity index (χ2v) is 6.05. The first kappa shape index (κ1) is 15.4. The number of hydrogen-bond acceptors (Lipinski definition) is 3. The van der Waals surface area contributed by atoms with Gasteiger partial charge in [-0.3, -0.25) is 0 Å². The highest BCUT2D eigenvalue weighted by Gasteiger charge is 2.13. The lowest BCUT2D eigenvalue weighted by Gasteiger charge is -2.17. The molecule has 0 aromatic carbocycles. The van der Waals surface area contributed by atoms with Crippen molar-refractivity contribution in [2.45, 2.75) is 32.1 Å². The van der Waals surface area contributed by atoms with E-state index in [1.165, 1.54) is 29.1 Å². The van der Waals surface area contributed by atoms with Gasteiger partial charge < -0.3 is 5.32 Å². The maximum absolute atomic E-state index is 11.9. The highest BCUT2D eigenvalue weighted by atomic mass is 79.9. The molecule has 0 saturated heterocycles. The van der Waals surface area contributed by atoms with Crippen molar-refractivity contribution in [3.63, 3.8) is 0 Å². The Morgan fingerprint density at radius 3 is 2.95 bits per heavy atom. The van der Waals surface area contributed by atoms with Gasteiger partial charge in [-0.15, -0.1) is 0 Å². The van der Waals surface area contributed by atoms with E-state index in [1.807, 2.05) is 6.07 Å². The molecule has 0 bridgehead atoms. The number of nitrogens with zero attached hydrogens (tertiary/aromatic N) is 2. The molecule has 1 aromatic rings. The average Bonchev–Trinajstić information content (AvgIpc) is 2.48. The average molecular weight is 356 g/mol. The molecule has 0 fully saturated rings. The Morgan fingerprint density at radius 1 is 1.45 bits per heavy atom. The summed E-state index contributed by atoms with van der Waals surface area (Å²) < 4.78 is 2.09. The van der Waals surface area contributed by atoms with Gasteiger partial charge in [-0.25, -0.2) is 14.1 Å².